The summed E-state index contributed by atoms with van der Waals surface area (Å²) in [5.74, 6) is 0.120. The monoisotopic (exact) mass is 483 g/mol. The van der Waals surface area contributed by atoms with Crippen LogP contribution in [0.2, 0.25) is 0 Å². The van der Waals surface area contributed by atoms with Gasteiger partial charge in [0.15, 0.2) is 28.8 Å². The topological polar surface area (TPSA) is 81.5 Å². The van der Waals surface area contributed by atoms with Crippen molar-refractivity contribution >= 4 is 22.8 Å². The minimum absolute atomic E-state index is 0.0569. The highest BCUT2D eigenvalue weighted by molar-refractivity contribution is 5.78. The molecule has 3 fully saturated rings. The minimum atomic E-state index is -0.698. The molecule has 2 aliphatic heterocycles. The van der Waals surface area contributed by atoms with E-state index in [4.69, 9.17) is 19.4 Å². The Labute approximate surface area is 200 Å². The molecular formula is C25H27F2N5O3. The summed E-state index contributed by atoms with van der Waals surface area (Å²) in [7, 11) is 0. The molecule has 8 nitrogen and oxygen atoms in total. The van der Waals surface area contributed by atoms with Gasteiger partial charge in [0.25, 0.3) is 5.56 Å². The van der Waals surface area contributed by atoms with Crippen LogP contribution in [0.3, 0.4) is 0 Å². The Hall–Kier alpha value is -3.27. The number of nitrogens with zero attached hydrogens (tertiary/aromatic N) is 4. The van der Waals surface area contributed by atoms with Crippen molar-refractivity contribution < 1.29 is 18.3 Å². The zero-order valence-corrected chi connectivity index (χ0v) is 19.3. The van der Waals surface area contributed by atoms with Crippen LogP contribution in [0, 0.1) is 11.6 Å². The molecule has 184 valence electrons. The van der Waals surface area contributed by atoms with Gasteiger partial charge in [-0.1, -0.05) is 0 Å². The van der Waals surface area contributed by atoms with Crippen molar-refractivity contribution in [3.05, 3.63) is 52.3 Å². The summed E-state index contributed by atoms with van der Waals surface area (Å²) in [5.41, 5.74) is 1.24. The molecule has 4 heterocycles. The molecule has 3 aromatic rings. The lowest BCUT2D eigenvalue weighted by Gasteiger charge is -2.34. The molecular weight excluding hydrogens is 456 g/mol. The zero-order chi connectivity index (χ0) is 23.9. The standard InChI is InChI=1S/C25H27F2N5O3/c26-15-1-5-21(19(27)13-15)35-18-7-10-31(11-8-18)25-23(28-16-9-12-34-14-16)29-20-4-6-22(33)32(17-2-3-17)24(20)30-25/h1,4-6,13,16-18H,2-3,7-12,14H2,(H,28,29)/t16-/m1/s1. The van der Waals surface area contributed by atoms with Gasteiger partial charge in [0.1, 0.15) is 17.4 Å². The highest BCUT2D eigenvalue weighted by Crippen LogP contribution is 2.37. The average Bonchev–Trinajstić information content (AvgIpc) is 3.56. The maximum absolute atomic E-state index is 14.0. The summed E-state index contributed by atoms with van der Waals surface area (Å²) in [5, 5.41) is 3.50. The number of anilines is 2. The van der Waals surface area contributed by atoms with E-state index in [1.165, 1.54) is 12.1 Å². The average molecular weight is 484 g/mol. The Morgan fingerprint density at radius 3 is 2.57 bits per heavy atom. The Balaban J connectivity index is 1.28. The van der Waals surface area contributed by atoms with Gasteiger partial charge in [0.05, 0.1) is 12.6 Å². The number of nitrogens with one attached hydrogen (secondary N) is 1. The largest absolute Gasteiger partial charge is 0.487 e. The van der Waals surface area contributed by atoms with E-state index < -0.39 is 11.6 Å². The van der Waals surface area contributed by atoms with E-state index in [1.807, 2.05) is 0 Å². The second kappa shape index (κ2) is 9.07. The van der Waals surface area contributed by atoms with Crippen LogP contribution in [0.4, 0.5) is 20.4 Å². The summed E-state index contributed by atoms with van der Waals surface area (Å²) in [6.45, 7) is 2.58. The summed E-state index contributed by atoms with van der Waals surface area (Å²) >= 11 is 0. The van der Waals surface area contributed by atoms with Gasteiger partial charge in [0.2, 0.25) is 0 Å². The zero-order valence-electron chi connectivity index (χ0n) is 19.3. The number of piperidine rings is 1. The minimum Gasteiger partial charge on any atom is -0.487 e. The number of rotatable bonds is 6. The quantitative estimate of drug-likeness (QED) is 0.573. The van der Waals surface area contributed by atoms with E-state index in [0.717, 1.165) is 25.3 Å². The summed E-state index contributed by atoms with van der Waals surface area (Å²) < 4.78 is 40.4. The molecule has 1 N–H and O–H groups in total. The van der Waals surface area contributed by atoms with Gasteiger partial charge < -0.3 is 19.7 Å². The molecule has 10 heteroatoms. The third-order valence-corrected chi connectivity index (χ3v) is 6.85. The van der Waals surface area contributed by atoms with Crippen LogP contribution in [-0.4, -0.2) is 53.0 Å². The number of hydrogen-bond donors (Lipinski definition) is 1. The molecule has 0 amide bonds. The molecule has 0 radical (unpaired) electrons. The van der Waals surface area contributed by atoms with Crippen LogP contribution >= 0.6 is 0 Å². The first-order valence-electron chi connectivity index (χ1n) is 12.2. The number of benzene rings is 1. The normalized spacial score (nSPS) is 21.0. The molecule has 2 saturated heterocycles. The van der Waals surface area contributed by atoms with Crippen LogP contribution in [0.5, 0.6) is 5.75 Å². The predicted octanol–water partition coefficient (Wildman–Crippen LogP) is 3.65. The lowest BCUT2D eigenvalue weighted by Crippen LogP contribution is -2.39. The maximum atomic E-state index is 14.0. The summed E-state index contributed by atoms with van der Waals surface area (Å²) in [4.78, 5) is 24.6. The van der Waals surface area contributed by atoms with Crippen LogP contribution < -0.4 is 20.5 Å². The smallest absolute Gasteiger partial charge is 0.252 e. The number of aromatic nitrogens is 3. The van der Waals surface area contributed by atoms with E-state index in [1.54, 1.807) is 16.7 Å². The summed E-state index contributed by atoms with van der Waals surface area (Å²) in [6.07, 6.45) is 3.93. The third-order valence-electron chi connectivity index (χ3n) is 6.85. The fourth-order valence-corrected chi connectivity index (χ4v) is 4.84. The molecule has 6 rings (SSSR count). The van der Waals surface area contributed by atoms with E-state index in [0.29, 0.717) is 61.9 Å². The molecule has 0 spiro atoms. The molecule has 1 aliphatic carbocycles. The fourth-order valence-electron chi connectivity index (χ4n) is 4.84. The molecule has 35 heavy (non-hydrogen) atoms. The number of pyridine rings is 1. The Morgan fingerprint density at radius 1 is 1.03 bits per heavy atom. The first kappa shape index (κ1) is 22.2. The first-order chi connectivity index (χ1) is 17.0. The Bertz CT molecular complexity index is 1300. The van der Waals surface area contributed by atoms with Gasteiger partial charge in [0, 0.05) is 50.7 Å². The molecule has 1 atom stereocenters. The van der Waals surface area contributed by atoms with Crippen molar-refractivity contribution in [2.75, 3.05) is 36.5 Å². The fraction of sp³-hybridized carbons (Fsp3) is 0.480. The number of halogens is 2. The summed E-state index contributed by atoms with van der Waals surface area (Å²) in [6, 6.07) is 6.99. The van der Waals surface area contributed by atoms with Gasteiger partial charge >= 0.3 is 0 Å². The Kier molecular flexibility index (Phi) is 5.75. The van der Waals surface area contributed by atoms with Gasteiger partial charge in [-0.25, -0.2) is 18.7 Å². The number of ether oxygens (including phenoxy) is 2. The molecule has 2 aromatic heterocycles. The van der Waals surface area contributed by atoms with Crippen LogP contribution in [0.15, 0.2) is 35.1 Å². The van der Waals surface area contributed by atoms with E-state index >= 15 is 0 Å². The molecule has 1 aromatic carbocycles. The lowest BCUT2D eigenvalue weighted by molar-refractivity contribution is 0.163. The highest BCUT2D eigenvalue weighted by Gasteiger charge is 2.30. The first-order valence-corrected chi connectivity index (χ1v) is 12.2. The lowest BCUT2D eigenvalue weighted by atomic mass is 10.1. The van der Waals surface area contributed by atoms with Crippen molar-refractivity contribution in [2.45, 2.75) is 50.3 Å². The molecule has 1 saturated carbocycles. The molecule has 0 unspecified atom stereocenters. The highest BCUT2D eigenvalue weighted by atomic mass is 19.1. The second-order valence-electron chi connectivity index (χ2n) is 9.46. The maximum Gasteiger partial charge on any atom is 0.252 e. The van der Waals surface area contributed by atoms with Crippen molar-refractivity contribution in [3.63, 3.8) is 0 Å². The molecule has 0 bridgehead atoms. The van der Waals surface area contributed by atoms with Gasteiger partial charge in [-0.3, -0.25) is 9.36 Å². The van der Waals surface area contributed by atoms with Gasteiger partial charge in [-0.15, -0.1) is 0 Å². The van der Waals surface area contributed by atoms with Crippen molar-refractivity contribution in [1.29, 1.82) is 0 Å². The second-order valence-corrected chi connectivity index (χ2v) is 9.46. The Morgan fingerprint density at radius 2 is 1.86 bits per heavy atom. The third kappa shape index (κ3) is 4.54. The van der Waals surface area contributed by atoms with Crippen molar-refractivity contribution in [3.8, 4) is 5.75 Å². The van der Waals surface area contributed by atoms with Crippen LogP contribution in [-0.2, 0) is 4.74 Å². The van der Waals surface area contributed by atoms with E-state index in [-0.39, 0.29) is 29.5 Å². The van der Waals surface area contributed by atoms with Crippen LogP contribution in [0.25, 0.3) is 11.2 Å². The van der Waals surface area contributed by atoms with Crippen molar-refractivity contribution in [2.24, 2.45) is 0 Å². The van der Waals surface area contributed by atoms with Gasteiger partial charge in [-0.2, -0.15) is 0 Å². The SMILES string of the molecule is O=c1ccc2nc(N[C@@H]3CCOC3)c(N3CCC(Oc4ccc(F)cc4F)CC3)nc2n1C1CC1. The molecule has 3 aliphatic rings. The van der Waals surface area contributed by atoms with E-state index in [2.05, 4.69) is 10.2 Å². The predicted molar refractivity (Wildman–Crippen MR) is 127 cm³/mol. The van der Waals surface area contributed by atoms with E-state index in [9.17, 15) is 13.6 Å². The number of fused-ring (bicyclic) bond motifs is 1. The number of hydrogen-bond acceptors (Lipinski definition) is 7. The van der Waals surface area contributed by atoms with Crippen molar-refractivity contribution in [1.82, 2.24) is 14.5 Å². The van der Waals surface area contributed by atoms with Gasteiger partial charge in [-0.05, 0) is 37.5 Å². The van der Waals surface area contributed by atoms with Crippen LogP contribution in [0.1, 0.15) is 38.1 Å².